The third-order valence-electron chi connectivity index (χ3n) is 7.20. The zero-order valence-electron chi connectivity index (χ0n) is 22.0. The number of amides is 4. The van der Waals surface area contributed by atoms with E-state index in [1.165, 1.54) is 30.2 Å². The second-order valence-electron chi connectivity index (χ2n) is 10.8. The van der Waals surface area contributed by atoms with Gasteiger partial charge in [0.2, 0.25) is 17.4 Å². The van der Waals surface area contributed by atoms with Crippen LogP contribution < -0.4 is 15.4 Å². The molecule has 5 atom stereocenters. The number of aromatic nitrogens is 1. The Hall–Kier alpha value is -3.92. The first-order chi connectivity index (χ1) is 17.9. The second-order valence-corrected chi connectivity index (χ2v) is 10.8. The molecule has 0 saturated carbocycles. The Labute approximate surface area is 220 Å². The molecule has 204 valence electrons. The fraction of sp³-hybridized carbons (Fsp3) is 0.600. The van der Waals surface area contributed by atoms with Crippen molar-refractivity contribution in [1.29, 1.82) is 5.26 Å². The molecule has 1 spiro atoms. The summed E-state index contributed by atoms with van der Waals surface area (Å²) < 4.78 is 16.2. The van der Waals surface area contributed by atoms with Crippen LogP contribution in [0.5, 0.6) is 5.75 Å². The molecule has 2 saturated heterocycles. The van der Waals surface area contributed by atoms with Crippen molar-refractivity contribution in [2.24, 2.45) is 5.41 Å². The topological polar surface area (TPSA) is 163 Å². The lowest BCUT2D eigenvalue weighted by Gasteiger charge is -2.36. The van der Waals surface area contributed by atoms with Gasteiger partial charge in [0, 0.05) is 32.7 Å². The standard InChI is InChI=1S/C25H32N6O7/c1-24(2,3)18(28-23(35)37-5)21(33)30-12-15(36-4)9-16(30)20(32)31-13-25(10-14(31)11-26)22(34)29-19-17(38-25)7-6-8-27-19/h6-8,14-16,18H,9-10,12-13H2,1-5H3,(H,28,35)(H,27,29,34)/t14?,15-,16+,18-,25-/m1/s1. The molecule has 13 heteroatoms. The number of nitriles is 1. The monoisotopic (exact) mass is 528 g/mol. The van der Waals surface area contributed by atoms with Gasteiger partial charge in [0.15, 0.2) is 11.6 Å². The summed E-state index contributed by atoms with van der Waals surface area (Å²) in [5, 5.41) is 15.2. The second kappa shape index (κ2) is 10.1. The van der Waals surface area contributed by atoms with E-state index in [9.17, 15) is 24.4 Å². The van der Waals surface area contributed by atoms with Crippen LogP contribution in [0.4, 0.5) is 10.6 Å². The number of nitrogens with zero attached hydrogens (tertiary/aromatic N) is 4. The van der Waals surface area contributed by atoms with Gasteiger partial charge >= 0.3 is 6.09 Å². The van der Waals surface area contributed by atoms with Crippen LogP contribution in [0.2, 0.25) is 0 Å². The molecule has 1 aromatic heterocycles. The van der Waals surface area contributed by atoms with Gasteiger partial charge in [-0.15, -0.1) is 0 Å². The summed E-state index contributed by atoms with van der Waals surface area (Å²) in [5.74, 6) is -0.862. The molecule has 0 aromatic carbocycles. The number of hydrogen-bond acceptors (Lipinski definition) is 9. The van der Waals surface area contributed by atoms with Crippen LogP contribution in [0.1, 0.15) is 33.6 Å². The summed E-state index contributed by atoms with van der Waals surface area (Å²) in [4.78, 5) is 59.5. The minimum Gasteiger partial charge on any atom is -0.472 e. The van der Waals surface area contributed by atoms with Gasteiger partial charge in [-0.2, -0.15) is 5.26 Å². The molecule has 4 heterocycles. The van der Waals surface area contributed by atoms with E-state index >= 15 is 0 Å². The number of rotatable bonds is 4. The van der Waals surface area contributed by atoms with Gasteiger partial charge in [0.05, 0.1) is 25.8 Å². The number of carbonyl (C=O) groups is 4. The number of methoxy groups -OCH3 is 2. The Morgan fingerprint density at radius 2 is 2.05 bits per heavy atom. The van der Waals surface area contributed by atoms with Crippen LogP contribution in [0.15, 0.2) is 18.3 Å². The summed E-state index contributed by atoms with van der Waals surface area (Å²) in [6, 6.07) is 2.49. The Morgan fingerprint density at radius 3 is 2.68 bits per heavy atom. The van der Waals surface area contributed by atoms with Crippen molar-refractivity contribution in [3.63, 3.8) is 0 Å². The molecule has 4 rings (SSSR count). The highest BCUT2D eigenvalue weighted by atomic mass is 16.5. The maximum atomic E-state index is 13.9. The molecule has 3 aliphatic heterocycles. The van der Waals surface area contributed by atoms with Gasteiger partial charge in [-0.3, -0.25) is 14.4 Å². The van der Waals surface area contributed by atoms with Crippen LogP contribution in [-0.2, 0) is 23.9 Å². The highest BCUT2D eigenvalue weighted by molar-refractivity contribution is 6.01. The van der Waals surface area contributed by atoms with Gasteiger partial charge < -0.3 is 34.6 Å². The molecule has 4 amide bonds. The number of pyridine rings is 1. The van der Waals surface area contributed by atoms with Gasteiger partial charge in [0.25, 0.3) is 5.91 Å². The Bertz CT molecular complexity index is 1180. The maximum Gasteiger partial charge on any atom is 0.407 e. The lowest BCUT2D eigenvalue weighted by molar-refractivity contribution is -0.147. The largest absolute Gasteiger partial charge is 0.472 e. The first-order valence-corrected chi connectivity index (χ1v) is 12.3. The van der Waals surface area contributed by atoms with Gasteiger partial charge in [-0.05, 0) is 17.5 Å². The first kappa shape index (κ1) is 27.1. The molecule has 3 aliphatic rings. The van der Waals surface area contributed by atoms with Crippen molar-refractivity contribution in [3.05, 3.63) is 18.3 Å². The third kappa shape index (κ3) is 4.83. The number of hydrogen-bond donors (Lipinski definition) is 2. The lowest BCUT2D eigenvalue weighted by Crippen LogP contribution is -2.59. The van der Waals surface area contributed by atoms with E-state index in [1.807, 2.05) is 0 Å². The van der Waals surface area contributed by atoms with Crippen molar-refractivity contribution < 1.29 is 33.4 Å². The van der Waals surface area contributed by atoms with E-state index in [4.69, 9.17) is 14.2 Å². The summed E-state index contributed by atoms with van der Waals surface area (Å²) in [5.41, 5.74) is -2.17. The molecule has 1 aromatic rings. The summed E-state index contributed by atoms with van der Waals surface area (Å²) in [6.45, 7) is 5.30. The highest BCUT2D eigenvalue weighted by Crippen LogP contribution is 2.40. The third-order valence-corrected chi connectivity index (χ3v) is 7.20. The normalized spacial score (nSPS) is 27.2. The van der Waals surface area contributed by atoms with Crippen molar-refractivity contribution in [3.8, 4) is 11.8 Å². The van der Waals surface area contributed by atoms with E-state index < -0.39 is 59.1 Å². The average Bonchev–Trinajstić information content (AvgIpc) is 3.49. The molecule has 38 heavy (non-hydrogen) atoms. The number of likely N-dealkylation sites (tertiary alicyclic amines) is 2. The predicted octanol–water partition coefficient (Wildman–Crippen LogP) is 0.662. The van der Waals surface area contributed by atoms with E-state index in [1.54, 1.807) is 32.9 Å². The average molecular weight is 529 g/mol. The van der Waals surface area contributed by atoms with E-state index in [0.717, 1.165) is 0 Å². The number of ether oxygens (including phenoxy) is 3. The maximum absolute atomic E-state index is 13.9. The van der Waals surface area contributed by atoms with Crippen LogP contribution in [0, 0.1) is 16.7 Å². The molecule has 2 N–H and O–H groups in total. The molecule has 13 nitrogen and oxygen atoms in total. The first-order valence-electron chi connectivity index (χ1n) is 12.3. The quantitative estimate of drug-likeness (QED) is 0.571. The van der Waals surface area contributed by atoms with Crippen molar-refractivity contribution in [2.75, 3.05) is 32.6 Å². The fourth-order valence-corrected chi connectivity index (χ4v) is 5.13. The number of anilines is 1. The minimum atomic E-state index is -1.47. The van der Waals surface area contributed by atoms with Crippen LogP contribution in [0.25, 0.3) is 0 Å². The van der Waals surface area contributed by atoms with Gasteiger partial charge in [-0.25, -0.2) is 9.78 Å². The molecule has 2 fully saturated rings. The lowest BCUT2D eigenvalue weighted by atomic mass is 9.85. The van der Waals surface area contributed by atoms with Crippen LogP contribution in [0.3, 0.4) is 0 Å². The van der Waals surface area contributed by atoms with Crippen molar-refractivity contribution in [2.45, 2.75) is 63.4 Å². The molecular formula is C25H32N6O7. The van der Waals surface area contributed by atoms with Crippen molar-refractivity contribution in [1.82, 2.24) is 20.1 Å². The van der Waals surface area contributed by atoms with Gasteiger partial charge in [-0.1, -0.05) is 20.8 Å². The molecular weight excluding hydrogens is 496 g/mol. The fourth-order valence-electron chi connectivity index (χ4n) is 5.13. The predicted molar refractivity (Wildman–Crippen MR) is 132 cm³/mol. The van der Waals surface area contributed by atoms with Crippen molar-refractivity contribution >= 4 is 29.6 Å². The van der Waals surface area contributed by atoms with E-state index in [-0.39, 0.29) is 31.7 Å². The zero-order valence-corrected chi connectivity index (χ0v) is 22.0. The molecule has 0 aliphatic carbocycles. The summed E-state index contributed by atoms with van der Waals surface area (Å²) in [6.07, 6.45) is 0.456. The Morgan fingerprint density at radius 1 is 1.32 bits per heavy atom. The van der Waals surface area contributed by atoms with E-state index in [0.29, 0.717) is 5.75 Å². The highest BCUT2D eigenvalue weighted by Gasteiger charge is 2.57. The van der Waals surface area contributed by atoms with E-state index in [2.05, 4.69) is 21.7 Å². The van der Waals surface area contributed by atoms with Gasteiger partial charge in [0.1, 0.15) is 18.1 Å². The summed E-state index contributed by atoms with van der Waals surface area (Å²) >= 11 is 0. The zero-order chi connectivity index (χ0) is 27.8. The Kier molecular flexibility index (Phi) is 7.20. The molecule has 0 radical (unpaired) electrons. The number of fused-ring (bicyclic) bond motifs is 1. The summed E-state index contributed by atoms with van der Waals surface area (Å²) in [7, 11) is 2.69. The van der Waals surface area contributed by atoms with Crippen LogP contribution >= 0.6 is 0 Å². The molecule has 1 unspecified atom stereocenters. The molecule has 0 bridgehead atoms. The smallest absolute Gasteiger partial charge is 0.407 e. The number of carbonyl (C=O) groups excluding carboxylic acids is 4. The Balaban J connectivity index is 1.61. The van der Waals surface area contributed by atoms with Crippen LogP contribution in [-0.4, -0.2) is 95.7 Å². The minimum absolute atomic E-state index is 0.0434. The number of alkyl carbamates (subject to hydrolysis) is 1. The number of nitrogens with one attached hydrogen (secondary N) is 2. The SMILES string of the molecule is COC(=O)N[C@H](C(=O)N1C[C@H](OC)C[C@H]1C(=O)N1C[C@@]2(CC1C#N)Oc1cccnc1NC2=O)C(C)(C)C.